The lowest BCUT2D eigenvalue weighted by Crippen LogP contribution is -2.12. The molecular formula is C17H16FN3O. The van der Waals surface area contributed by atoms with Gasteiger partial charge >= 0.3 is 0 Å². The minimum atomic E-state index is -0.432. The Bertz CT molecular complexity index is 839. The Hall–Kier alpha value is -2.69. The standard InChI is InChI=1S/C17H16FN3O/c1-11(2)21-10-19-15-9-14(6-7-16(15)21)20-17(22)12-4-3-5-13(18)8-12/h3-11H,1-2H3,(H,20,22). The summed E-state index contributed by atoms with van der Waals surface area (Å²) in [5.41, 5.74) is 2.74. The van der Waals surface area contributed by atoms with Crippen LogP contribution < -0.4 is 5.32 Å². The van der Waals surface area contributed by atoms with Gasteiger partial charge in [-0.15, -0.1) is 0 Å². The predicted octanol–water partition coefficient (Wildman–Crippen LogP) is 4.01. The van der Waals surface area contributed by atoms with Gasteiger partial charge in [0.05, 0.1) is 17.4 Å². The van der Waals surface area contributed by atoms with Gasteiger partial charge in [0.15, 0.2) is 0 Å². The lowest BCUT2D eigenvalue weighted by molar-refractivity contribution is 0.102. The van der Waals surface area contributed by atoms with Crippen molar-refractivity contribution in [2.45, 2.75) is 19.9 Å². The number of amides is 1. The molecule has 5 heteroatoms. The molecule has 2 aromatic carbocycles. The Morgan fingerprint density at radius 1 is 1.23 bits per heavy atom. The number of anilines is 1. The Morgan fingerprint density at radius 3 is 2.77 bits per heavy atom. The number of rotatable bonds is 3. The molecule has 0 radical (unpaired) electrons. The summed E-state index contributed by atoms with van der Waals surface area (Å²) in [6.45, 7) is 4.17. The van der Waals surface area contributed by atoms with E-state index in [0.29, 0.717) is 11.7 Å². The van der Waals surface area contributed by atoms with Gasteiger partial charge in [-0.05, 0) is 50.2 Å². The van der Waals surface area contributed by atoms with Crippen LogP contribution in [0.4, 0.5) is 10.1 Å². The molecule has 0 atom stereocenters. The van der Waals surface area contributed by atoms with Crippen LogP contribution in [0.25, 0.3) is 11.0 Å². The van der Waals surface area contributed by atoms with Crippen molar-refractivity contribution >= 4 is 22.6 Å². The summed E-state index contributed by atoms with van der Waals surface area (Å²) in [6, 6.07) is 11.5. The number of carbonyl (C=O) groups is 1. The number of carbonyl (C=O) groups excluding carboxylic acids is 1. The normalized spacial score (nSPS) is 11.1. The summed E-state index contributed by atoms with van der Waals surface area (Å²) in [4.78, 5) is 16.5. The van der Waals surface area contributed by atoms with Crippen LogP contribution in [0.5, 0.6) is 0 Å². The molecule has 1 N–H and O–H groups in total. The number of benzene rings is 2. The van der Waals surface area contributed by atoms with Gasteiger partial charge in [0, 0.05) is 17.3 Å². The van der Waals surface area contributed by atoms with Gasteiger partial charge in [0.25, 0.3) is 5.91 Å². The van der Waals surface area contributed by atoms with Gasteiger partial charge in [0.1, 0.15) is 5.82 Å². The van der Waals surface area contributed by atoms with E-state index in [2.05, 4.69) is 28.7 Å². The van der Waals surface area contributed by atoms with Crippen molar-refractivity contribution in [3.8, 4) is 0 Å². The molecule has 3 aromatic rings. The quantitative estimate of drug-likeness (QED) is 0.794. The van der Waals surface area contributed by atoms with Crippen LogP contribution in [0.1, 0.15) is 30.2 Å². The summed E-state index contributed by atoms with van der Waals surface area (Å²) in [7, 11) is 0. The van der Waals surface area contributed by atoms with E-state index in [-0.39, 0.29) is 11.5 Å². The van der Waals surface area contributed by atoms with Gasteiger partial charge < -0.3 is 9.88 Å². The van der Waals surface area contributed by atoms with Gasteiger partial charge in [-0.2, -0.15) is 0 Å². The molecule has 1 amide bonds. The molecule has 0 saturated heterocycles. The third-order valence-corrected chi connectivity index (χ3v) is 3.48. The first-order valence-corrected chi connectivity index (χ1v) is 7.08. The minimum Gasteiger partial charge on any atom is -0.328 e. The van der Waals surface area contributed by atoms with Crippen LogP contribution in [0.3, 0.4) is 0 Å². The van der Waals surface area contributed by atoms with Crippen molar-refractivity contribution in [1.29, 1.82) is 0 Å². The third-order valence-electron chi connectivity index (χ3n) is 3.48. The van der Waals surface area contributed by atoms with E-state index < -0.39 is 5.82 Å². The fourth-order valence-electron chi connectivity index (χ4n) is 2.35. The largest absolute Gasteiger partial charge is 0.328 e. The maximum absolute atomic E-state index is 13.2. The zero-order chi connectivity index (χ0) is 15.7. The van der Waals surface area contributed by atoms with E-state index in [0.717, 1.165) is 11.0 Å². The van der Waals surface area contributed by atoms with E-state index >= 15 is 0 Å². The lowest BCUT2D eigenvalue weighted by Gasteiger charge is -2.09. The van der Waals surface area contributed by atoms with Crippen molar-refractivity contribution in [3.05, 3.63) is 60.2 Å². The van der Waals surface area contributed by atoms with Crippen LogP contribution in [-0.2, 0) is 0 Å². The molecule has 3 rings (SSSR count). The topological polar surface area (TPSA) is 46.9 Å². The molecule has 4 nitrogen and oxygen atoms in total. The zero-order valence-electron chi connectivity index (χ0n) is 12.4. The SMILES string of the molecule is CC(C)n1cnc2cc(NC(=O)c3cccc(F)c3)ccc21. The van der Waals surface area contributed by atoms with Crippen molar-refractivity contribution in [2.75, 3.05) is 5.32 Å². The zero-order valence-corrected chi connectivity index (χ0v) is 12.4. The van der Waals surface area contributed by atoms with E-state index in [4.69, 9.17) is 0 Å². The number of imidazole rings is 1. The second-order valence-corrected chi connectivity index (χ2v) is 5.41. The molecule has 1 heterocycles. The van der Waals surface area contributed by atoms with E-state index in [9.17, 15) is 9.18 Å². The van der Waals surface area contributed by atoms with Crippen LogP contribution in [0.15, 0.2) is 48.8 Å². The maximum atomic E-state index is 13.2. The second-order valence-electron chi connectivity index (χ2n) is 5.41. The highest BCUT2D eigenvalue weighted by atomic mass is 19.1. The monoisotopic (exact) mass is 297 g/mol. The molecule has 112 valence electrons. The molecule has 1 aromatic heterocycles. The fraction of sp³-hybridized carbons (Fsp3) is 0.176. The Labute approximate surface area is 127 Å². The molecule has 0 fully saturated rings. The Balaban J connectivity index is 1.86. The van der Waals surface area contributed by atoms with Gasteiger partial charge in [0.2, 0.25) is 0 Å². The summed E-state index contributed by atoms with van der Waals surface area (Å²) in [6.07, 6.45) is 1.79. The van der Waals surface area contributed by atoms with Gasteiger partial charge in [-0.1, -0.05) is 6.07 Å². The molecule has 0 bridgehead atoms. The van der Waals surface area contributed by atoms with Gasteiger partial charge in [-0.3, -0.25) is 4.79 Å². The van der Waals surface area contributed by atoms with Crippen molar-refractivity contribution in [3.63, 3.8) is 0 Å². The van der Waals surface area contributed by atoms with Crippen LogP contribution in [0.2, 0.25) is 0 Å². The minimum absolute atomic E-state index is 0.285. The van der Waals surface area contributed by atoms with Crippen LogP contribution >= 0.6 is 0 Å². The number of aromatic nitrogens is 2. The summed E-state index contributed by atoms with van der Waals surface area (Å²) < 4.78 is 15.2. The molecule has 0 spiro atoms. The number of nitrogens with zero attached hydrogens (tertiary/aromatic N) is 2. The summed E-state index contributed by atoms with van der Waals surface area (Å²) in [5, 5.41) is 2.76. The predicted molar refractivity (Wildman–Crippen MR) is 84.5 cm³/mol. The second kappa shape index (κ2) is 5.60. The van der Waals surface area contributed by atoms with Crippen molar-refractivity contribution < 1.29 is 9.18 Å². The first-order valence-electron chi connectivity index (χ1n) is 7.08. The number of nitrogens with one attached hydrogen (secondary N) is 1. The smallest absolute Gasteiger partial charge is 0.255 e. The number of hydrogen-bond donors (Lipinski definition) is 1. The van der Waals surface area contributed by atoms with E-state index in [1.54, 1.807) is 12.4 Å². The highest BCUT2D eigenvalue weighted by Crippen LogP contribution is 2.21. The lowest BCUT2D eigenvalue weighted by atomic mass is 10.2. The van der Waals surface area contributed by atoms with E-state index in [1.807, 2.05) is 18.2 Å². The molecule has 0 aliphatic carbocycles. The summed E-state index contributed by atoms with van der Waals surface area (Å²) >= 11 is 0. The molecule has 0 saturated carbocycles. The summed E-state index contributed by atoms with van der Waals surface area (Å²) in [5.74, 6) is -0.777. The van der Waals surface area contributed by atoms with Crippen molar-refractivity contribution in [1.82, 2.24) is 9.55 Å². The highest BCUT2D eigenvalue weighted by molar-refractivity contribution is 6.04. The Morgan fingerprint density at radius 2 is 2.05 bits per heavy atom. The molecule has 0 aliphatic heterocycles. The highest BCUT2D eigenvalue weighted by Gasteiger charge is 2.10. The third kappa shape index (κ3) is 2.70. The molecule has 0 aliphatic rings. The molecular weight excluding hydrogens is 281 g/mol. The van der Waals surface area contributed by atoms with Crippen LogP contribution in [-0.4, -0.2) is 15.5 Å². The average Bonchev–Trinajstić information content (AvgIpc) is 2.90. The average molecular weight is 297 g/mol. The number of hydrogen-bond acceptors (Lipinski definition) is 2. The molecule has 0 unspecified atom stereocenters. The van der Waals surface area contributed by atoms with Crippen LogP contribution in [0, 0.1) is 5.82 Å². The first kappa shape index (κ1) is 14.3. The Kier molecular flexibility index (Phi) is 3.63. The first-order chi connectivity index (χ1) is 10.5. The van der Waals surface area contributed by atoms with E-state index in [1.165, 1.54) is 18.2 Å². The fourth-order valence-corrected chi connectivity index (χ4v) is 2.35. The number of halogens is 1. The molecule has 22 heavy (non-hydrogen) atoms. The van der Waals surface area contributed by atoms with Gasteiger partial charge in [-0.25, -0.2) is 9.37 Å². The number of fused-ring (bicyclic) bond motifs is 1. The maximum Gasteiger partial charge on any atom is 0.255 e. The van der Waals surface area contributed by atoms with Crippen molar-refractivity contribution in [2.24, 2.45) is 0 Å².